The summed E-state index contributed by atoms with van der Waals surface area (Å²) < 4.78 is 42.8. The number of anilines is 1. The van der Waals surface area contributed by atoms with Gasteiger partial charge in [-0.1, -0.05) is 60.7 Å². The number of rotatable bonds is 11. The standard InChI is InChI=1S/C28H32FN3O4S/c1-21(2)30-28(34)22(3)31(19-18-23-12-6-4-7-13-23)27(33)20-32(26-17-11-10-16-25(26)29)37(35,36)24-14-8-5-9-15-24/h4-17,21-22H,18-20H2,1-3H3,(H,30,34). The molecule has 0 radical (unpaired) electrons. The minimum atomic E-state index is -4.29. The summed E-state index contributed by atoms with van der Waals surface area (Å²) in [6.07, 6.45) is 0.455. The van der Waals surface area contributed by atoms with Gasteiger partial charge < -0.3 is 10.2 Å². The number of benzene rings is 3. The van der Waals surface area contributed by atoms with Crippen molar-refractivity contribution in [2.75, 3.05) is 17.4 Å². The predicted octanol–water partition coefficient (Wildman–Crippen LogP) is 4.01. The molecule has 7 nitrogen and oxygen atoms in total. The fourth-order valence-corrected chi connectivity index (χ4v) is 5.31. The van der Waals surface area contributed by atoms with Gasteiger partial charge in [0.2, 0.25) is 11.8 Å². The van der Waals surface area contributed by atoms with Gasteiger partial charge in [0.25, 0.3) is 10.0 Å². The van der Waals surface area contributed by atoms with Crippen molar-refractivity contribution >= 4 is 27.5 Å². The topological polar surface area (TPSA) is 86.8 Å². The number of carbonyl (C=O) groups is 2. The first-order chi connectivity index (χ1) is 17.6. The molecule has 2 amide bonds. The number of nitrogens with zero attached hydrogens (tertiary/aromatic N) is 2. The van der Waals surface area contributed by atoms with Crippen molar-refractivity contribution in [2.45, 2.75) is 44.2 Å². The molecule has 0 spiro atoms. The SMILES string of the molecule is CC(C)NC(=O)C(C)N(CCc1ccccc1)C(=O)CN(c1ccccc1F)S(=O)(=O)c1ccccc1. The monoisotopic (exact) mass is 525 g/mol. The first-order valence-corrected chi connectivity index (χ1v) is 13.5. The fourth-order valence-electron chi connectivity index (χ4n) is 3.86. The van der Waals surface area contributed by atoms with E-state index in [-0.39, 0.29) is 29.1 Å². The highest BCUT2D eigenvalue weighted by atomic mass is 32.2. The Morgan fingerprint density at radius 3 is 2.03 bits per heavy atom. The maximum Gasteiger partial charge on any atom is 0.264 e. The van der Waals surface area contributed by atoms with Gasteiger partial charge in [0.1, 0.15) is 18.4 Å². The fraction of sp³-hybridized carbons (Fsp3) is 0.286. The van der Waals surface area contributed by atoms with Crippen molar-refractivity contribution in [3.8, 4) is 0 Å². The molecule has 0 aliphatic heterocycles. The number of sulfonamides is 1. The summed E-state index contributed by atoms with van der Waals surface area (Å²) in [4.78, 5) is 27.8. The van der Waals surface area contributed by atoms with E-state index in [1.807, 2.05) is 44.2 Å². The number of hydrogen-bond acceptors (Lipinski definition) is 4. The van der Waals surface area contributed by atoms with E-state index in [2.05, 4.69) is 5.32 Å². The first-order valence-electron chi connectivity index (χ1n) is 12.1. The van der Waals surface area contributed by atoms with Gasteiger partial charge in [-0.05, 0) is 57.0 Å². The second kappa shape index (κ2) is 12.5. The van der Waals surface area contributed by atoms with Crippen molar-refractivity contribution in [3.63, 3.8) is 0 Å². The Hall–Kier alpha value is -3.72. The Balaban J connectivity index is 1.97. The molecule has 196 valence electrons. The molecule has 3 aromatic rings. The molecule has 0 aromatic heterocycles. The summed E-state index contributed by atoms with van der Waals surface area (Å²) in [7, 11) is -4.29. The summed E-state index contributed by atoms with van der Waals surface area (Å²) in [6, 6.07) is 21.4. The third-order valence-electron chi connectivity index (χ3n) is 5.81. The Bertz CT molecular complexity index is 1300. The number of hydrogen-bond donors (Lipinski definition) is 1. The number of nitrogens with one attached hydrogen (secondary N) is 1. The van der Waals surface area contributed by atoms with Gasteiger partial charge >= 0.3 is 0 Å². The summed E-state index contributed by atoms with van der Waals surface area (Å²) in [5.41, 5.74) is 0.710. The molecule has 0 bridgehead atoms. The van der Waals surface area contributed by atoms with E-state index in [9.17, 15) is 22.4 Å². The van der Waals surface area contributed by atoms with E-state index in [4.69, 9.17) is 0 Å². The van der Waals surface area contributed by atoms with Crippen molar-refractivity contribution in [3.05, 3.63) is 96.3 Å². The molecule has 0 aliphatic carbocycles. The van der Waals surface area contributed by atoms with Crippen molar-refractivity contribution in [1.82, 2.24) is 10.2 Å². The highest BCUT2D eigenvalue weighted by Gasteiger charge is 2.33. The molecule has 9 heteroatoms. The summed E-state index contributed by atoms with van der Waals surface area (Å²) in [6.45, 7) is 4.72. The number of para-hydroxylation sites is 1. The number of amides is 2. The zero-order valence-corrected chi connectivity index (χ0v) is 22.0. The zero-order valence-electron chi connectivity index (χ0n) is 21.2. The molecule has 37 heavy (non-hydrogen) atoms. The molecule has 1 atom stereocenters. The minimum Gasteiger partial charge on any atom is -0.352 e. The van der Waals surface area contributed by atoms with Crippen LogP contribution in [0.3, 0.4) is 0 Å². The van der Waals surface area contributed by atoms with Gasteiger partial charge in [-0.2, -0.15) is 0 Å². The molecule has 1 N–H and O–H groups in total. The van der Waals surface area contributed by atoms with Crippen LogP contribution in [0.15, 0.2) is 89.8 Å². The van der Waals surface area contributed by atoms with Crippen LogP contribution in [0, 0.1) is 5.82 Å². The molecule has 0 saturated carbocycles. The van der Waals surface area contributed by atoms with E-state index in [1.165, 1.54) is 35.2 Å². The van der Waals surface area contributed by atoms with Gasteiger partial charge in [-0.15, -0.1) is 0 Å². The summed E-state index contributed by atoms with van der Waals surface area (Å²) in [5, 5.41) is 2.80. The second-order valence-corrected chi connectivity index (χ2v) is 10.8. The van der Waals surface area contributed by atoms with Gasteiger partial charge in [0, 0.05) is 12.6 Å². The number of halogens is 1. The molecular weight excluding hydrogens is 493 g/mol. The van der Waals surface area contributed by atoms with Gasteiger partial charge in [0.15, 0.2) is 0 Å². The van der Waals surface area contributed by atoms with Crippen LogP contribution in [0.2, 0.25) is 0 Å². The molecule has 1 unspecified atom stereocenters. The Kier molecular flexibility index (Phi) is 9.41. The smallest absolute Gasteiger partial charge is 0.264 e. The van der Waals surface area contributed by atoms with Crippen LogP contribution in [-0.4, -0.2) is 50.3 Å². The zero-order chi connectivity index (χ0) is 27.0. The van der Waals surface area contributed by atoms with Crippen LogP contribution >= 0.6 is 0 Å². The van der Waals surface area contributed by atoms with Gasteiger partial charge in [-0.25, -0.2) is 12.8 Å². The lowest BCUT2D eigenvalue weighted by molar-refractivity contribution is -0.139. The maximum absolute atomic E-state index is 14.8. The lowest BCUT2D eigenvalue weighted by Crippen LogP contribution is -2.53. The molecule has 0 saturated heterocycles. The maximum atomic E-state index is 14.8. The van der Waals surface area contributed by atoms with Crippen molar-refractivity contribution in [1.29, 1.82) is 0 Å². The van der Waals surface area contributed by atoms with E-state index in [0.29, 0.717) is 6.42 Å². The lowest BCUT2D eigenvalue weighted by Gasteiger charge is -2.32. The minimum absolute atomic E-state index is 0.0764. The van der Waals surface area contributed by atoms with Crippen LogP contribution in [0.25, 0.3) is 0 Å². The van der Waals surface area contributed by atoms with Crippen LogP contribution in [-0.2, 0) is 26.0 Å². The van der Waals surface area contributed by atoms with E-state index >= 15 is 0 Å². The summed E-state index contributed by atoms with van der Waals surface area (Å²) in [5.74, 6) is -1.76. The van der Waals surface area contributed by atoms with Crippen molar-refractivity contribution < 1.29 is 22.4 Å². The Labute approximate surface area is 218 Å². The van der Waals surface area contributed by atoms with Crippen LogP contribution in [0.4, 0.5) is 10.1 Å². The van der Waals surface area contributed by atoms with E-state index < -0.39 is 34.3 Å². The molecule has 0 fully saturated rings. The molecule has 3 rings (SSSR count). The van der Waals surface area contributed by atoms with Crippen LogP contribution in [0.5, 0.6) is 0 Å². The van der Waals surface area contributed by atoms with E-state index in [1.54, 1.807) is 25.1 Å². The predicted molar refractivity (Wildman–Crippen MR) is 142 cm³/mol. The molecular formula is C28H32FN3O4S. The number of carbonyl (C=O) groups excluding carboxylic acids is 2. The van der Waals surface area contributed by atoms with E-state index in [0.717, 1.165) is 15.9 Å². The Morgan fingerprint density at radius 1 is 0.865 bits per heavy atom. The third kappa shape index (κ3) is 7.16. The average Bonchev–Trinajstić information content (AvgIpc) is 2.88. The molecule has 0 heterocycles. The quantitative estimate of drug-likeness (QED) is 0.410. The average molecular weight is 526 g/mol. The summed E-state index contributed by atoms with van der Waals surface area (Å²) >= 11 is 0. The molecule has 3 aromatic carbocycles. The highest BCUT2D eigenvalue weighted by molar-refractivity contribution is 7.92. The van der Waals surface area contributed by atoms with Crippen LogP contribution in [0.1, 0.15) is 26.3 Å². The molecule has 0 aliphatic rings. The second-order valence-electron chi connectivity index (χ2n) is 8.94. The Morgan fingerprint density at radius 2 is 1.43 bits per heavy atom. The third-order valence-corrected chi connectivity index (χ3v) is 7.59. The van der Waals surface area contributed by atoms with Crippen LogP contribution < -0.4 is 9.62 Å². The van der Waals surface area contributed by atoms with Gasteiger partial charge in [-0.3, -0.25) is 13.9 Å². The first kappa shape index (κ1) is 27.9. The normalized spacial score (nSPS) is 12.1. The lowest BCUT2D eigenvalue weighted by atomic mass is 10.1. The highest BCUT2D eigenvalue weighted by Crippen LogP contribution is 2.26. The van der Waals surface area contributed by atoms with Gasteiger partial charge in [0.05, 0.1) is 10.6 Å². The van der Waals surface area contributed by atoms with Crippen molar-refractivity contribution in [2.24, 2.45) is 0 Å². The largest absolute Gasteiger partial charge is 0.352 e.